The highest BCUT2D eigenvalue weighted by Crippen LogP contribution is 2.52. The van der Waals surface area contributed by atoms with Crippen LogP contribution < -0.4 is 0 Å². The molecule has 0 spiro atoms. The van der Waals surface area contributed by atoms with Gasteiger partial charge in [0.1, 0.15) is 0 Å². The Kier molecular flexibility index (Phi) is 4.88. The van der Waals surface area contributed by atoms with Crippen molar-refractivity contribution in [1.82, 2.24) is 0 Å². The van der Waals surface area contributed by atoms with Gasteiger partial charge in [-0.2, -0.15) is 0 Å². The molecule has 0 heteroatoms. The van der Waals surface area contributed by atoms with E-state index >= 15 is 0 Å². The van der Waals surface area contributed by atoms with Crippen molar-refractivity contribution in [1.29, 1.82) is 0 Å². The average molecular weight is 571 g/mol. The topological polar surface area (TPSA) is 0 Å². The van der Waals surface area contributed by atoms with Gasteiger partial charge in [0.05, 0.1) is 0 Å². The van der Waals surface area contributed by atoms with Gasteiger partial charge in [-0.05, 0) is 104 Å². The van der Waals surface area contributed by atoms with Crippen LogP contribution in [0.25, 0.3) is 87.2 Å². The molecule has 45 heavy (non-hydrogen) atoms. The molecule has 9 aromatic carbocycles. The predicted molar refractivity (Wildman–Crippen MR) is 194 cm³/mol. The number of rotatable bonds is 2. The summed E-state index contributed by atoms with van der Waals surface area (Å²) in [5.41, 5.74) is 10.7. The minimum Gasteiger partial charge on any atom is -0.0619 e. The van der Waals surface area contributed by atoms with Gasteiger partial charge in [-0.25, -0.2) is 0 Å². The summed E-state index contributed by atoms with van der Waals surface area (Å²) in [7, 11) is 0. The maximum Gasteiger partial charge on any atom is 0.0158 e. The molecule has 1 aliphatic rings. The summed E-state index contributed by atoms with van der Waals surface area (Å²) in [6.07, 6.45) is 0. The summed E-state index contributed by atoms with van der Waals surface area (Å²) < 4.78 is 0. The van der Waals surface area contributed by atoms with Crippen LogP contribution >= 0.6 is 0 Å². The second-order valence-electron chi connectivity index (χ2n) is 13.2. The lowest BCUT2D eigenvalue weighted by molar-refractivity contribution is 0.660. The highest BCUT2D eigenvalue weighted by Gasteiger charge is 2.35. The lowest BCUT2D eigenvalue weighted by Gasteiger charge is -2.22. The number of hydrogen-bond donors (Lipinski definition) is 0. The fourth-order valence-electron chi connectivity index (χ4n) is 8.56. The van der Waals surface area contributed by atoms with Crippen molar-refractivity contribution in [3.05, 3.63) is 157 Å². The Hall–Kier alpha value is -5.46. The smallest absolute Gasteiger partial charge is 0.0158 e. The monoisotopic (exact) mass is 570 g/mol. The molecule has 0 saturated heterocycles. The fourth-order valence-corrected chi connectivity index (χ4v) is 8.56. The van der Waals surface area contributed by atoms with Gasteiger partial charge in [0.15, 0.2) is 0 Å². The Morgan fingerprint density at radius 3 is 1.62 bits per heavy atom. The quantitative estimate of drug-likeness (QED) is 0.143. The molecular formula is C45H30. The second-order valence-corrected chi connectivity index (χ2v) is 13.2. The molecule has 0 fully saturated rings. The van der Waals surface area contributed by atoms with Crippen molar-refractivity contribution in [2.75, 3.05) is 0 Å². The summed E-state index contributed by atoms with van der Waals surface area (Å²) in [4.78, 5) is 0. The summed E-state index contributed by atoms with van der Waals surface area (Å²) in [6, 6.07) is 54.7. The Bertz CT molecular complexity index is 2600. The molecule has 0 unspecified atom stereocenters. The van der Waals surface area contributed by atoms with Crippen LogP contribution in [0.2, 0.25) is 0 Å². The number of fused-ring (bicyclic) bond motifs is 5. The van der Waals surface area contributed by atoms with Crippen LogP contribution in [-0.4, -0.2) is 0 Å². The lowest BCUT2D eigenvalue weighted by Crippen LogP contribution is -2.14. The van der Waals surface area contributed by atoms with Gasteiger partial charge in [0.2, 0.25) is 0 Å². The van der Waals surface area contributed by atoms with Crippen LogP contribution in [0.3, 0.4) is 0 Å². The van der Waals surface area contributed by atoms with E-state index < -0.39 is 0 Å². The molecule has 0 nitrogen and oxygen atoms in total. The van der Waals surface area contributed by atoms with Crippen LogP contribution in [-0.2, 0) is 5.41 Å². The van der Waals surface area contributed by atoms with Gasteiger partial charge in [-0.15, -0.1) is 0 Å². The second kappa shape index (κ2) is 8.80. The zero-order valence-corrected chi connectivity index (χ0v) is 25.4. The molecule has 0 aliphatic heterocycles. The molecule has 0 radical (unpaired) electrons. The normalized spacial score (nSPS) is 13.7. The van der Waals surface area contributed by atoms with Crippen molar-refractivity contribution < 1.29 is 0 Å². The maximum atomic E-state index is 2.45. The third-order valence-corrected chi connectivity index (χ3v) is 10.6. The zero-order chi connectivity index (χ0) is 29.9. The molecule has 9 aromatic rings. The molecule has 0 aromatic heterocycles. The summed E-state index contributed by atoms with van der Waals surface area (Å²) in [5.74, 6) is 0. The Labute approximate surface area is 262 Å². The van der Waals surface area contributed by atoms with Crippen LogP contribution in [0.4, 0.5) is 0 Å². The summed E-state index contributed by atoms with van der Waals surface area (Å²) in [6.45, 7) is 4.71. The Balaban J connectivity index is 1.31. The minimum absolute atomic E-state index is 0.00648. The number of benzene rings is 9. The van der Waals surface area contributed by atoms with E-state index in [-0.39, 0.29) is 5.41 Å². The van der Waals surface area contributed by atoms with Gasteiger partial charge in [-0.1, -0.05) is 153 Å². The van der Waals surface area contributed by atoms with E-state index in [0.717, 1.165) is 0 Å². The third kappa shape index (κ3) is 3.27. The van der Waals surface area contributed by atoms with Gasteiger partial charge in [0.25, 0.3) is 0 Å². The molecule has 210 valence electrons. The zero-order valence-electron chi connectivity index (χ0n) is 25.4. The van der Waals surface area contributed by atoms with Gasteiger partial charge < -0.3 is 0 Å². The Morgan fingerprint density at radius 2 is 0.911 bits per heavy atom. The van der Waals surface area contributed by atoms with E-state index in [2.05, 4.69) is 159 Å². The SMILES string of the molecule is CC1(C)c2ccccc2-c2cc(-c3c4ccccc4c(-c4ccc5ccc6cccc7ccc4c5c67)c4ccccc34)ccc21. The van der Waals surface area contributed by atoms with Crippen molar-refractivity contribution in [2.45, 2.75) is 19.3 Å². The molecule has 0 heterocycles. The Morgan fingerprint density at radius 1 is 0.356 bits per heavy atom. The first kappa shape index (κ1) is 24.9. The first-order valence-corrected chi connectivity index (χ1v) is 15.9. The van der Waals surface area contributed by atoms with Crippen LogP contribution in [0.5, 0.6) is 0 Å². The molecule has 0 bridgehead atoms. The van der Waals surface area contributed by atoms with Crippen molar-refractivity contribution in [3.8, 4) is 33.4 Å². The molecule has 0 amide bonds. The van der Waals surface area contributed by atoms with E-state index in [1.807, 2.05) is 0 Å². The molecule has 0 N–H and O–H groups in total. The standard InChI is InChI=1S/C45H30/c1-45(2)39-17-8-7-12-31(39)38-26-30(22-25-40(38)45)42-32-13-3-5-15-34(32)44(35-16-6-4-14-33(35)42)37-24-21-29-19-18-27-10-9-11-28-20-23-36(37)43(29)41(27)28/h3-26H,1-2H3. The molecule has 1 aliphatic carbocycles. The first-order valence-electron chi connectivity index (χ1n) is 15.9. The average Bonchev–Trinajstić information content (AvgIpc) is 3.32. The van der Waals surface area contributed by atoms with E-state index in [0.29, 0.717) is 0 Å². The lowest BCUT2D eigenvalue weighted by atomic mass is 9.81. The first-order chi connectivity index (χ1) is 22.1. The molecular weight excluding hydrogens is 540 g/mol. The fraction of sp³-hybridized carbons (Fsp3) is 0.0667. The van der Waals surface area contributed by atoms with Gasteiger partial charge in [-0.3, -0.25) is 0 Å². The van der Waals surface area contributed by atoms with E-state index in [4.69, 9.17) is 0 Å². The minimum atomic E-state index is -0.00648. The third-order valence-electron chi connectivity index (χ3n) is 10.6. The highest BCUT2D eigenvalue weighted by atomic mass is 14.4. The van der Waals surface area contributed by atoms with E-state index in [1.165, 1.54) is 98.4 Å². The van der Waals surface area contributed by atoms with Gasteiger partial charge >= 0.3 is 0 Å². The maximum absolute atomic E-state index is 2.45. The molecule has 0 saturated carbocycles. The van der Waals surface area contributed by atoms with Crippen molar-refractivity contribution in [3.63, 3.8) is 0 Å². The molecule has 0 atom stereocenters. The van der Waals surface area contributed by atoms with Crippen LogP contribution in [0.15, 0.2) is 146 Å². The highest BCUT2D eigenvalue weighted by molar-refractivity contribution is 6.29. The van der Waals surface area contributed by atoms with E-state index in [1.54, 1.807) is 0 Å². The predicted octanol–water partition coefficient (Wildman–Crippen LogP) is 12.5. The largest absolute Gasteiger partial charge is 0.0619 e. The number of hydrogen-bond acceptors (Lipinski definition) is 0. The van der Waals surface area contributed by atoms with E-state index in [9.17, 15) is 0 Å². The van der Waals surface area contributed by atoms with Crippen LogP contribution in [0.1, 0.15) is 25.0 Å². The van der Waals surface area contributed by atoms with Crippen molar-refractivity contribution in [2.24, 2.45) is 0 Å². The van der Waals surface area contributed by atoms with Crippen LogP contribution in [0, 0.1) is 0 Å². The van der Waals surface area contributed by atoms with Gasteiger partial charge in [0, 0.05) is 5.41 Å². The van der Waals surface area contributed by atoms with Crippen molar-refractivity contribution >= 4 is 53.9 Å². The summed E-state index contributed by atoms with van der Waals surface area (Å²) in [5, 5.41) is 13.1. The molecule has 10 rings (SSSR count). The summed E-state index contributed by atoms with van der Waals surface area (Å²) >= 11 is 0.